The van der Waals surface area contributed by atoms with E-state index in [1.165, 1.54) is 18.7 Å². The van der Waals surface area contributed by atoms with Gasteiger partial charge in [0.15, 0.2) is 5.96 Å². The molecule has 1 heterocycles. The molecular weight excluding hydrogens is 531 g/mol. The van der Waals surface area contributed by atoms with Crippen molar-refractivity contribution >= 4 is 29.9 Å². The summed E-state index contributed by atoms with van der Waals surface area (Å²) >= 11 is 0. The van der Waals surface area contributed by atoms with Crippen molar-refractivity contribution in [2.24, 2.45) is 4.99 Å². The highest BCUT2D eigenvalue weighted by molar-refractivity contribution is 14.0. The van der Waals surface area contributed by atoms with E-state index in [0.717, 1.165) is 5.82 Å². The summed E-state index contributed by atoms with van der Waals surface area (Å²) in [5, 5.41) is 6.30. The number of aromatic nitrogens is 2. The van der Waals surface area contributed by atoms with Crippen molar-refractivity contribution in [3.8, 4) is 11.5 Å². The molecule has 0 atom stereocenters. The van der Waals surface area contributed by atoms with Crippen molar-refractivity contribution in [3.05, 3.63) is 77.9 Å². The van der Waals surface area contributed by atoms with Gasteiger partial charge in [0.2, 0.25) is 0 Å². The van der Waals surface area contributed by atoms with E-state index in [2.05, 4.69) is 37.5 Å². The Morgan fingerprint density at radius 3 is 2.56 bits per heavy atom. The van der Waals surface area contributed by atoms with Gasteiger partial charge in [-0.05, 0) is 23.8 Å². The van der Waals surface area contributed by atoms with E-state index in [-0.39, 0.29) is 36.3 Å². The summed E-state index contributed by atoms with van der Waals surface area (Å²) in [6.07, 6.45) is 3.67. The molecule has 1 aromatic heterocycles. The number of guanidine groups is 1. The van der Waals surface area contributed by atoms with E-state index >= 15 is 0 Å². The summed E-state index contributed by atoms with van der Waals surface area (Å²) in [7, 11) is 3.14. The van der Waals surface area contributed by atoms with Crippen LogP contribution in [-0.2, 0) is 19.6 Å². The molecule has 0 amide bonds. The summed E-state index contributed by atoms with van der Waals surface area (Å²) in [5.74, 6) is 1.97. The Morgan fingerprint density at radius 2 is 1.88 bits per heavy atom. The van der Waals surface area contributed by atoms with Crippen LogP contribution in [0.1, 0.15) is 17.0 Å². The lowest BCUT2D eigenvalue weighted by Crippen LogP contribution is -2.37. The van der Waals surface area contributed by atoms with E-state index < -0.39 is 6.61 Å². The highest BCUT2D eigenvalue weighted by Gasteiger charge is 2.12. The molecule has 0 unspecified atom stereocenters. The molecule has 3 rings (SSSR count). The lowest BCUT2D eigenvalue weighted by Gasteiger charge is -2.16. The maximum Gasteiger partial charge on any atom is 0.387 e. The lowest BCUT2D eigenvalue weighted by atomic mass is 10.2. The molecule has 7 nitrogen and oxygen atoms in total. The Morgan fingerprint density at radius 1 is 1.12 bits per heavy atom. The van der Waals surface area contributed by atoms with Gasteiger partial charge in [0.1, 0.15) is 17.3 Å². The second kappa shape index (κ2) is 12.8. The first-order valence-corrected chi connectivity index (χ1v) is 9.69. The zero-order valence-electron chi connectivity index (χ0n) is 17.8. The first-order chi connectivity index (χ1) is 15.1. The number of nitrogens with one attached hydrogen (secondary N) is 2. The van der Waals surface area contributed by atoms with Crippen molar-refractivity contribution in [3.63, 3.8) is 0 Å². The molecule has 0 bridgehead atoms. The van der Waals surface area contributed by atoms with Gasteiger partial charge in [-0.3, -0.25) is 4.99 Å². The SMILES string of the molecule is CN=C(NCc1cc(OC)ccc1OC(F)F)NCc1nccn1Cc1ccccc1.I. The van der Waals surface area contributed by atoms with Crippen molar-refractivity contribution in [2.45, 2.75) is 26.2 Å². The van der Waals surface area contributed by atoms with Crippen LogP contribution in [0.25, 0.3) is 0 Å². The maximum absolute atomic E-state index is 12.7. The number of hydrogen-bond acceptors (Lipinski definition) is 4. The number of hydrogen-bond donors (Lipinski definition) is 2. The quantitative estimate of drug-likeness (QED) is 0.236. The maximum atomic E-state index is 12.7. The topological polar surface area (TPSA) is 72.7 Å². The summed E-state index contributed by atoms with van der Waals surface area (Å²) < 4.78 is 37.2. The molecule has 0 saturated heterocycles. The van der Waals surface area contributed by atoms with E-state index in [9.17, 15) is 8.78 Å². The normalized spacial score (nSPS) is 11.1. The van der Waals surface area contributed by atoms with Gasteiger partial charge in [0.05, 0.1) is 13.7 Å². The molecule has 2 aromatic carbocycles. The van der Waals surface area contributed by atoms with E-state index in [1.807, 2.05) is 29.0 Å². The van der Waals surface area contributed by atoms with Crippen molar-refractivity contribution in [1.29, 1.82) is 0 Å². The van der Waals surface area contributed by atoms with E-state index in [0.29, 0.717) is 30.4 Å². The molecule has 0 fully saturated rings. The third-order valence-electron chi connectivity index (χ3n) is 4.56. The zero-order valence-corrected chi connectivity index (χ0v) is 20.1. The van der Waals surface area contributed by atoms with Crippen LogP contribution in [0.4, 0.5) is 8.78 Å². The van der Waals surface area contributed by atoms with Crippen LogP contribution in [-0.4, -0.2) is 36.3 Å². The number of aliphatic imine (C=N–C) groups is 1. The zero-order chi connectivity index (χ0) is 22.1. The predicted molar refractivity (Wildman–Crippen MR) is 130 cm³/mol. The molecule has 32 heavy (non-hydrogen) atoms. The van der Waals surface area contributed by atoms with Gasteiger partial charge < -0.3 is 24.7 Å². The number of nitrogens with zero attached hydrogens (tertiary/aromatic N) is 3. The van der Waals surface area contributed by atoms with Crippen LogP contribution in [0.15, 0.2) is 65.9 Å². The second-order valence-electron chi connectivity index (χ2n) is 6.59. The van der Waals surface area contributed by atoms with Crippen molar-refractivity contribution < 1.29 is 18.3 Å². The van der Waals surface area contributed by atoms with Crippen molar-refractivity contribution in [2.75, 3.05) is 14.2 Å². The number of halogens is 3. The minimum Gasteiger partial charge on any atom is -0.497 e. The van der Waals surface area contributed by atoms with E-state index in [4.69, 9.17) is 4.74 Å². The summed E-state index contributed by atoms with van der Waals surface area (Å²) in [5.41, 5.74) is 1.70. The number of ether oxygens (including phenoxy) is 2. The molecule has 2 N–H and O–H groups in total. The Balaban J connectivity index is 0.00000363. The van der Waals surface area contributed by atoms with Crippen LogP contribution in [0.3, 0.4) is 0 Å². The van der Waals surface area contributed by atoms with Crippen LogP contribution >= 0.6 is 24.0 Å². The number of rotatable bonds is 9. The first-order valence-electron chi connectivity index (χ1n) is 9.69. The first kappa shape index (κ1) is 25.4. The molecule has 0 saturated carbocycles. The highest BCUT2D eigenvalue weighted by Crippen LogP contribution is 2.25. The largest absolute Gasteiger partial charge is 0.497 e. The number of imidazole rings is 1. The highest BCUT2D eigenvalue weighted by atomic mass is 127. The minimum atomic E-state index is -2.91. The van der Waals surface area contributed by atoms with Gasteiger partial charge >= 0.3 is 6.61 Å². The van der Waals surface area contributed by atoms with Crippen LogP contribution < -0.4 is 20.1 Å². The Bertz CT molecular complexity index is 999. The summed E-state index contributed by atoms with van der Waals surface area (Å²) in [6, 6.07) is 14.8. The third kappa shape index (κ3) is 7.36. The summed E-state index contributed by atoms with van der Waals surface area (Å²) in [4.78, 5) is 8.59. The molecule has 0 aliphatic heterocycles. The van der Waals surface area contributed by atoms with E-state index in [1.54, 1.807) is 25.4 Å². The fraction of sp³-hybridized carbons (Fsp3) is 0.273. The number of methoxy groups -OCH3 is 1. The average Bonchev–Trinajstić information content (AvgIpc) is 3.22. The second-order valence-corrected chi connectivity index (χ2v) is 6.59. The van der Waals surface area contributed by atoms with Crippen LogP contribution in [0.5, 0.6) is 11.5 Å². The monoisotopic (exact) mass is 557 g/mol. The van der Waals surface area contributed by atoms with Gasteiger partial charge in [-0.15, -0.1) is 24.0 Å². The lowest BCUT2D eigenvalue weighted by molar-refractivity contribution is -0.0505. The van der Waals surface area contributed by atoms with Gasteiger partial charge in [0.25, 0.3) is 0 Å². The molecule has 0 aliphatic carbocycles. The minimum absolute atomic E-state index is 0. The Labute approximate surface area is 202 Å². The van der Waals surface area contributed by atoms with Gasteiger partial charge in [-0.2, -0.15) is 8.78 Å². The standard InChI is InChI=1S/C22H25F2N5O2.HI/c1-25-22(27-13-17-12-18(30-2)8-9-19(17)31-21(23)24)28-14-20-26-10-11-29(20)15-16-6-4-3-5-7-16;/h3-12,21H,13-15H2,1-2H3,(H2,25,27,28);1H. The third-order valence-corrected chi connectivity index (χ3v) is 4.56. The van der Waals surface area contributed by atoms with Crippen LogP contribution in [0, 0.1) is 0 Å². The van der Waals surface area contributed by atoms with Gasteiger partial charge in [-0.1, -0.05) is 30.3 Å². The average molecular weight is 557 g/mol. The molecular formula is C22H26F2IN5O2. The smallest absolute Gasteiger partial charge is 0.387 e. The fourth-order valence-corrected chi connectivity index (χ4v) is 3.03. The number of benzene rings is 2. The predicted octanol–water partition coefficient (Wildman–Crippen LogP) is 4.02. The Hall–Kier alpha value is -2.89. The molecule has 0 aliphatic rings. The molecule has 10 heteroatoms. The molecule has 0 spiro atoms. The van der Waals surface area contributed by atoms with Crippen molar-refractivity contribution in [1.82, 2.24) is 20.2 Å². The summed E-state index contributed by atoms with van der Waals surface area (Å²) in [6.45, 7) is -1.54. The molecule has 172 valence electrons. The Kier molecular flexibility index (Phi) is 10.2. The molecule has 0 radical (unpaired) electrons. The van der Waals surface area contributed by atoms with Gasteiger partial charge in [-0.25, -0.2) is 4.98 Å². The van der Waals surface area contributed by atoms with Crippen LogP contribution in [0.2, 0.25) is 0 Å². The molecule has 3 aromatic rings. The fourth-order valence-electron chi connectivity index (χ4n) is 3.03. The number of alkyl halides is 2. The van der Waals surface area contributed by atoms with Gasteiger partial charge in [0, 0.05) is 38.1 Å².